The van der Waals surface area contributed by atoms with Crippen LogP contribution in [0.15, 0.2) is 48.5 Å². The first-order valence-electron chi connectivity index (χ1n) is 6.57. The molecule has 0 aliphatic rings. The number of guanidine groups is 1. The van der Waals surface area contributed by atoms with Crippen molar-refractivity contribution in [2.45, 2.75) is 13.8 Å². The fraction of sp³-hybridized carbons (Fsp3) is 0.125. The number of nitrogens with one attached hydrogen (secondary N) is 2. The van der Waals surface area contributed by atoms with E-state index in [1.165, 1.54) is 4.90 Å². The van der Waals surface area contributed by atoms with Gasteiger partial charge in [0.25, 0.3) is 0 Å². The predicted octanol–water partition coefficient (Wildman–Crippen LogP) is 3.24. The third-order valence-electron chi connectivity index (χ3n) is 3.13. The first kappa shape index (κ1) is 14.6. The van der Waals surface area contributed by atoms with Crippen molar-refractivity contribution in [3.8, 4) is 0 Å². The standard InChI is InChI=1S/C16H18N4O/c1-11-7-6-8-12(2)14(11)20(15(17)18)16(21)19-13-9-4-3-5-10-13/h3-10H,1-2H3,(H3,17,18)(H,19,21). The zero-order valence-electron chi connectivity index (χ0n) is 12.1. The average Bonchev–Trinajstić information content (AvgIpc) is 2.43. The lowest BCUT2D eigenvalue weighted by Gasteiger charge is -2.24. The zero-order valence-corrected chi connectivity index (χ0v) is 12.1. The highest BCUT2D eigenvalue weighted by Crippen LogP contribution is 2.25. The van der Waals surface area contributed by atoms with Gasteiger partial charge in [0.05, 0.1) is 5.69 Å². The number of amides is 2. The van der Waals surface area contributed by atoms with Gasteiger partial charge in [-0.15, -0.1) is 0 Å². The van der Waals surface area contributed by atoms with Crippen molar-refractivity contribution < 1.29 is 4.79 Å². The smallest absolute Gasteiger partial charge is 0.333 e. The Labute approximate surface area is 123 Å². The molecular formula is C16H18N4O. The van der Waals surface area contributed by atoms with E-state index in [2.05, 4.69) is 5.32 Å². The van der Waals surface area contributed by atoms with Crippen LogP contribution in [0.4, 0.5) is 16.2 Å². The number of para-hydroxylation sites is 2. The van der Waals surface area contributed by atoms with Gasteiger partial charge in [0.1, 0.15) is 0 Å². The molecule has 0 fully saturated rings. The molecule has 2 amide bonds. The van der Waals surface area contributed by atoms with Gasteiger partial charge in [-0.25, -0.2) is 9.69 Å². The number of urea groups is 1. The Morgan fingerprint density at radius 3 is 2.14 bits per heavy atom. The summed E-state index contributed by atoms with van der Waals surface area (Å²) >= 11 is 0. The summed E-state index contributed by atoms with van der Waals surface area (Å²) < 4.78 is 0. The maximum Gasteiger partial charge on any atom is 0.333 e. The molecule has 0 radical (unpaired) electrons. The maximum atomic E-state index is 12.5. The van der Waals surface area contributed by atoms with Crippen molar-refractivity contribution in [2.24, 2.45) is 5.73 Å². The van der Waals surface area contributed by atoms with Gasteiger partial charge in [0.15, 0.2) is 0 Å². The number of nitrogens with two attached hydrogens (primary N) is 1. The second kappa shape index (κ2) is 6.09. The molecule has 0 saturated heterocycles. The highest BCUT2D eigenvalue weighted by atomic mass is 16.2. The van der Waals surface area contributed by atoms with Crippen LogP contribution in [0.25, 0.3) is 0 Å². The van der Waals surface area contributed by atoms with Gasteiger partial charge in [-0.2, -0.15) is 0 Å². The van der Waals surface area contributed by atoms with Crippen LogP contribution in [0.5, 0.6) is 0 Å². The van der Waals surface area contributed by atoms with Gasteiger partial charge in [-0.05, 0) is 37.1 Å². The summed E-state index contributed by atoms with van der Waals surface area (Å²) in [6.07, 6.45) is 0. The van der Waals surface area contributed by atoms with Crippen LogP contribution >= 0.6 is 0 Å². The van der Waals surface area contributed by atoms with Crippen LogP contribution < -0.4 is 16.0 Å². The Bertz CT molecular complexity index is 647. The monoisotopic (exact) mass is 282 g/mol. The lowest BCUT2D eigenvalue weighted by Crippen LogP contribution is -2.44. The molecule has 0 spiro atoms. The molecular weight excluding hydrogens is 264 g/mol. The van der Waals surface area contributed by atoms with Gasteiger partial charge < -0.3 is 11.1 Å². The second-order valence-electron chi connectivity index (χ2n) is 4.76. The van der Waals surface area contributed by atoms with Crippen LogP contribution in [0.2, 0.25) is 0 Å². The molecule has 21 heavy (non-hydrogen) atoms. The van der Waals surface area contributed by atoms with E-state index in [9.17, 15) is 4.79 Å². The van der Waals surface area contributed by atoms with Gasteiger partial charge in [-0.1, -0.05) is 36.4 Å². The van der Waals surface area contributed by atoms with Crippen molar-refractivity contribution in [1.29, 1.82) is 5.41 Å². The molecule has 2 aromatic carbocycles. The molecule has 0 aliphatic carbocycles. The van der Waals surface area contributed by atoms with Crippen LogP contribution in [0.3, 0.4) is 0 Å². The Morgan fingerprint density at radius 1 is 1.05 bits per heavy atom. The quantitative estimate of drug-likeness (QED) is 0.583. The summed E-state index contributed by atoms with van der Waals surface area (Å²) in [6, 6.07) is 14.3. The minimum Gasteiger partial charge on any atom is -0.369 e. The molecule has 5 nitrogen and oxygen atoms in total. The van der Waals surface area contributed by atoms with Crippen LogP contribution in [-0.2, 0) is 0 Å². The second-order valence-corrected chi connectivity index (χ2v) is 4.76. The van der Waals surface area contributed by atoms with E-state index in [4.69, 9.17) is 11.1 Å². The van der Waals surface area contributed by atoms with Gasteiger partial charge in [0, 0.05) is 5.69 Å². The number of anilines is 2. The summed E-state index contributed by atoms with van der Waals surface area (Å²) in [4.78, 5) is 13.6. The highest BCUT2D eigenvalue weighted by molar-refractivity contribution is 6.19. The molecule has 4 N–H and O–H groups in total. The lowest BCUT2D eigenvalue weighted by molar-refractivity contribution is 0.259. The van der Waals surface area contributed by atoms with Crippen LogP contribution in [-0.4, -0.2) is 12.0 Å². The lowest BCUT2D eigenvalue weighted by atomic mass is 10.1. The maximum absolute atomic E-state index is 12.5. The third-order valence-corrected chi connectivity index (χ3v) is 3.13. The van der Waals surface area contributed by atoms with Gasteiger partial charge in [0.2, 0.25) is 5.96 Å². The fourth-order valence-corrected chi connectivity index (χ4v) is 2.19. The number of nitrogens with zero attached hydrogens (tertiary/aromatic N) is 1. The Balaban J connectivity index is 2.36. The largest absolute Gasteiger partial charge is 0.369 e. The van der Waals surface area contributed by atoms with Crippen molar-refractivity contribution in [3.05, 3.63) is 59.7 Å². The Morgan fingerprint density at radius 2 is 1.62 bits per heavy atom. The van der Waals surface area contributed by atoms with Crippen molar-refractivity contribution >= 4 is 23.4 Å². The number of hydrogen-bond donors (Lipinski definition) is 3. The minimum absolute atomic E-state index is 0.319. The predicted molar refractivity (Wildman–Crippen MR) is 85.8 cm³/mol. The SMILES string of the molecule is Cc1cccc(C)c1N(C(=N)N)C(=O)Nc1ccccc1. The number of benzene rings is 2. The van der Waals surface area contributed by atoms with E-state index < -0.39 is 6.03 Å². The molecule has 5 heteroatoms. The Hall–Kier alpha value is -2.82. The molecule has 2 aromatic rings. The summed E-state index contributed by atoms with van der Waals surface area (Å²) in [6.45, 7) is 3.77. The number of carbonyl (C=O) groups excluding carboxylic acids is 1. The number of rotatable bonds is 2. The summed E-state index contributed by atoms with van der Waals surface area (Å²) in [5.74, 6) is -0.319. The van der Waals surface area contributed by atoms with Gasteiger partial charge >= 0.3 is 6.03 Å². The zero-order chi connectivity index (χ0) is 15.4. The first-order valence-corrected chi connectivity index (χ1v) is 6.57. The number of hydrogen-bond acceptors (Lipinski definition) is 2. The minimum atomic E-state index is -0.453. The van der Waals surface area contributed by atoms with Crippen molar-refractivity contribution in [2.75, 3.05) is 10.2 Å². The first-order chi connectivity index (χ1) is 10.0. The third kappa shape index (κ3) is 3.20. The molecule has 0 unspecified atom stereocenters. The van der Waals surface area contributed by atoms with E-state index in [-0.39, 0.29) is 5.96 Å². The van der Waals surface area contributed by atoms with E-state index >= 15 is 0 Å². The molecule has 0 atom stereocenters. The molecule has 0 heterocycles. The average molecular weight is 282 g/mol. The summed E-state index contributed by atoms with van der Waals surface area (Å²) in [5, 5.41) is 10.5. The number of carbonyl (C=O) groups is 1. The molecule has 0 saturated carbocycles. The summed E-state index contributed by atoms with van der Waals surface area (Å²) in [5.41, 5.74) is 8.67. The molecule has 108 valence electrons. The molecule has 0 aromatic heterocycles. The van der Waals surface area contributed by atoms with E-state index in [0.717, 1.165) is 11.1 Å². The van der Waals surface area contributed by atoms with E-state index in [1.54, 1.807) is 12.1 Å². The van der Waals surface area contributed by atoms with Crippen LogP contribution in [0.1, 0.15) is 11.1 Å². The fourth-order valence-electron chi connectivity index (χ4n) is 2.19. The van der Waals surface area contributed by atoms with Crippen LogP contribution in [0, 0.1) is 19.3 Å². The van der Waals surface area contributed by atoms with Crippen molar-refractivity contribution in [1.82, 2.24) is 0 Å². The highest BCUT2D eigenvalue weighted by Gasteiger charge is 2.22. The molecule has 0 bridgehead atoms. The normalized spacial score (nSPS) is 10.0. The van der Waals surface area contributed by atoms with E-state index in [0.29, 0.717) is 11.4 Å². The number of aryl methyl sites for hydroxylation is 2. The van der Waals surface area contributed by atoms with Gasteiger partial charge in [-0.3, -0.25) is 5.41 Å². The topological polar surface area (TPSA) is 82.2 Å². The summed E-state index contributed by atoms with van der Waals surface area (Å²) in [7, 11) is 0. The Kier molecular flexibility index (Phi) is 4.23. The molecule has 2 rings (SSSR count). The molecule has 0 aliphatic heterocycles. The van der Waals surface area contributed by atoms with E-state index in [1.807, 2.05) is 50.2 Å². The van der Waals surface area contributed by atoms with Crippen molar-refractivity contribution in [3.63, 3.8) is 0 Å².